The minimum Gasteiger partial charge on any atom is -0.371 e. The third-order valence-electron chi connectivity index (χ3n) is 4.95. The molecule has 1 aromatic carbocycles. The van der Waals surface area contributed by atoms with Crippen LogP contribution in [-0.2, 0) is 10.7 Å². The van der Waals surface area contributed by atoms with E-state index in [1.807, 2.05) is 6.92 Å². The Morgan fingerprint density at radius 3 is 2.85 bits per heavy atom. The van der Waals surface area contributed by atoms with Crippen LogP contribution in [0.2, 0.25) is 0 Å². The Morgan fingerprint density at radius 1 is 1.22 bits per heavy atom. The molecular weight excluding hydrogens is 352 g/mol. The van der Waals surface area contributed by atoms with Crippen molar-refractivity contribution in [3.8, 4) is 0 Å². The summed E-state index contributed by atoms with van der Waals surface area (Å²) in [5.41, 5.74) is 1.61. The Bertz CT molecular complexity index is 912. The Morgan fingerprint density at radius 2 is 2.04 bits per heavy atom. The molecule has 1 unspecified atom stereocenters. The molecule has 2 aromatic heterocycles. The molecule has 142 valence electrons. The maximum Gasteiger partial charge on any atom is 0.296 e. The fourth-order valence-electron chi connectivity index (χ4n) is 3.40. The van der Waals surface area contributed by atoms with Gasteiger partial charge < -0.3 is 10.1 Å². The minimum absolute atomic E-state index is 0.0101. The Hall–Kier alpha value is -2.61. The molecule has 0 amide bonds. The van der Waals surface area contributed by atoms with Crippen LogP contribution in [0.4, 0.5) is 14.6 Å². The van der Waals surface area contributed by atoms with Crippen molar-refractivity contribution < 1.29 is 13.5 Å². The van der Waals surface area contributed by atoms with Crippen molar-refractivity contribution in [1.29, 1.82) is 0 Å². The first-order valence-corrected chi connectivity index (χ1v) is 8.98. The van der Waals surface area contributed by atoms with Crippen LogP contribution in [0.1, 0.15) is 30.4 Å². The van der Waals surface area contributed by atoms with E-state index in [1.165, 1.54) is 18.5 Å². The van der Waals surface area contributed by atoms with Crippen LogP contribution in [-0.4, -0.2) is 38.9 Å². The number of rotatable bonds is 6. The minimum atomic E-state index is -2.99. The third-order valence-corrected chi connectivity index (χ3v) is 4.95. The molecule has 1 fully saturated rings. The van der Waals surface area contributed by atoms with Crippen molar-refractivity contribution >= 4 is 16.9 Å². The van der Waals surface area contributed by atoms with E-state index in [4.69, 9.17) is 4.74 Å². The van der Waals surface area contributed by atoms with E-state index < -0.39 is 12.5 Å². The van der Waals surface area contributed by atoms with Gasteiger partial charge in [-0.25, -0.2) is 9.97 Å². The van der Waals surface area contributed by atoms with E-state index in [2.05, 4.69) is 25.5 Å². The number of alkyl halides is 2. The largest absolute Gasteiger partial charge is 0.371 e. The number of fused-ring (bicyclic) bond motifs is 1. The molecule has 0 saturated heterocycles. The average Bonchev–Trinajstić information content (AvgIpc) is 3.30. The summed E-state index contributed by atoms with van der Waals surface area (Å²) in [4.78, 5) is 8.36. The molecule has 1 saturated carbocycles. The summed E-state index contributed by atoms with van der Waals surface area (Å²) in [7, 11) is 0. The summed E-state index contributed by atoms with van der Waals surface area (Å²) in [6, 6.07) is 6.43. The lowest BCUT2D eigenvalue weighted by Crippen LogP contribution is -2.25. The lowest BCUT2D eigenvalue weighted by atomic mass is 10.1. The predicted molar refractivity (Wildman–Crippen MR) is 97.8 cm³/mol. The third kappa shape index (κ3) is 3.90. The zero-order valence-corrected chi connectivity index (χ0v) is 15.0. The first kappa shape index (κ1) is 17.8. The summed E-state index contributed by atoms with van der Waals surface area (Å²) in [6.07, 6.45) is 5.18. The first-order valence-electron chi connectivity index (χ1n) is 8.98. The first-order chi connectivity index (χ1) is 13.0. The molecule has 2 heterocycles. The van der Waals surface area contributed by atoms with Gasteiger partial charge in [-0.05, 0) is 26.2 Å². The zero-order valence-electron chi connectivity index (χ0n) is 15.0. The smallest absolute Gasteiger partial charge is 0.296 e. The number of halogens is 2. The van der Waals surface area contributed by atoms with Crippen molar-refractivity contribution in [3.05, 3.63) is 47.9 Å². The second-order valence-electron chi connectivity index (χ2n) is 7.01. The number of hydrogen-bond acceptors (Lipinski definition) is 5. The predicted octanol–water partition coefficient (Wildman–Crippen LogP) is 3.80. The van der Waals surface area contributed by atoms with Gasteiger partial charge in [-0.1, -0.05) is 29.8 Å². The Kier molecular flexibility index (Phi) is 4.73. The number of H-pyrrole nitrogens is 1. The summed E-state index contributed by atoms with van der Waals surface area (Å²) in [6.45, 7) is 1.27. The van der Waals surface area contributed by atoms with Gasteiger partial charge in [0.25, 0.3) is 5.92 Å². The van der Waals surface area contributed by atoms with Crippen molar-refractivity contribution in [1.82, 2.24) is 20.2 Å². The second kappa shape index (κ2) is 7.19. The Balaban J connectivity index is 1.33. The molecule has 0 radical (unpaired) electrons. The highest BCUT2D eigenvalue weighted by Crippen LogP contribution is 2.32. The monoisotopic (exact) mass is 373 g/mol. The lowest BCUT2D eigenvalue weighted by Gasteiger charge is -2.20. The van der Waals surface area contributed by atoms with E-state index in [9.17, 15) is 8.78 Å². The molecule has 2 N–H and O–H groups in total. The molecule has 0 spiro atoms. The van der Waals surface area contributed by atoms with Gasteiger partial charge in [-0.2, -0.15) is 13.9 Å². The maximum atomic E-state index is 14.4. The van der Waals surface area contributed by atoms with Gasteiger partial charge >= 0.3 is 0 Å². The van der Waals surface area contributed by atoms with Crippen molar-refractivity contribution in [2.24, 2.45) is 0 Å². The van der Waals surface area contributed by atoms with Crippen LogP contribution in [0.25, 0.3) is 11.0 Å². The SMILES string of the molecule is Cc1ccc(C(F)(F)COC2CC[C@H](Nc3ncnc4[nH]ncc34)C2)cc1. The average molecular weight is 373 g/mol. The molecule has 4 rings (SSSR count). The number of ether oxygens (including phenoxy) is 1. The lowest BCUT2D eigenvalue weighted by molar-refractivity contribution is -0.103. The van der Waals surface area contributed by atoms with Crippen molar-refractivity contribution in [2.75, 3.05) is 11.9 Å². The van der Waals surface area contributed by atoms with Crippen molar-refractivity contribution in [2.45, 2.75) is 44.3 Å². The topological polar surface area (TPSA) is 75.7 Å². The number of anilines is 1. The maximum absolute atomic E-state index is 14.4. The summed E-state index contributed by atoms with van der Waals surface area (Å²) in [5, 5.41) is 10.9. The fourth-order valence-corrected chi connectivity index (χ4v) is 3.40. The van der Waals surface area contributed by atoms with Crippen LogP contribution < -0.4 is 5.32 Å². The number of aromatic amines is 1. The second-order valence-corrected chi connectivity index (χ2v) is 7.01. The number of nitrogens with one attached hydrogen (secondary N) is 2. The molecule has 1 aliphatic carbocycles. The van der Waals surface area contributed by atoms with E-state index in [0.717, 1.165) is 23.8 Å². The van der Waals surface area contributed by atoms with E-state index >= 15 is 0 Å². The number of aryl methyl sites for hydroxylation is 1. The van der Waals surface area contributed by atoms with E-state index in [0.29, 0.717) is 17.9 Å². The van der Waals surface area contributed by atoms with Gasteiger partial charge in [-0.15, -0.1) is 0 Å². The van der Waals surface area contributed by atoms with Gasteiger partial charge in [0.1, 0.15) is 18.8 Å². The van der Waals surface area contributed by atoms with E-state index in [1.54, 1.807) is 18.3 Å². The van der Waals surface area contributed by atoms with Gasteiger partial charge in [0, 0.05) is 11.6 Å². The molecule has 0 aliphatic heterocycles. The number of aromatic nitrogens is 4. The van der Waals surface area contributed by atoms with Crippen LogP contribution in [0.5, 0.6) is 0 Å². The van der Waals surface area contributed by atoms with Crippen LogP contribution in [0.3, 0.4) is 0 Å². The summed E-state index contributed by atoms with van der Waals surface area (Å²) < 4.78 is 34.3. The highest BCUT2D eigenvalue weighted by Gasteiger charge is 2.35. The van der Waals surface area contributed by atoms with Crippen LogP contribution in [0.15, 0.2) is 36.8 Å². The number of nitrogens with zero attached hydrogens (tertiary/aromatic N) is 3. The standard InChI is InChI=1S/C19H21F2N5O/c1-12-2-4-13(5-3-12)19(20,21)10-27-15-7-6-14(8-15)25-17-16-9-24-26-18(16)23-11-22-17/h2-5,9,11,14-15H,6-8,10H2,1H3,(H2,22,23,24,25,26)/t14-,15?/m0/s1. The Labute approximate surface area is 155 Å². The normalized spacial score (nSPS) is 20.3. The van der Waals surface area contributed by atoms with Gasteiger partial charge in [0.15, 0.2) is 5.65 Å². The molecule has 6 nitrogen and oxygen atoms in total. The molecule has 1 aliphatic rings. The molecule has 8 heteroatoms. The van der Waals surface area contributed by atoms with Gasteiger partial charge in [-0.3, -0.25) is 5.10 Å². The fraction of sp³-hybridized carbons (Fsp3) is 0.421. The van der Waals surface area contributed by atoms with Crippen LogP contribution >= 0.6 is 0 Å². The molecule has 3 aromatic rings. The van der Waals surface area contributed by atoms with Gasteiger partial charge in [0.05, 0.1) is 17.7 Å². The summed E-state index contributed by atoms with van der Waals surface area (Å²) in [5.74, 6) is -2.29. The molecule has 2 atom stereocenters. The highest BCUT2D eigenvalue weighted by atomic mass is 19.3. The van der Waals surface area contributed by atoms with E-state index in [-0.39, 0.29) is 17.7 Å². The van der Waals surface area contributed by atoms with Crippen LogP contribution in [0, 0.1) is 6.92 Å². The number of benzene rings is 1. The summed E-state index contributed by atoms with van der Waals surface area (Å²) >= 11 is 0. The molecule has 0 bridgehead atoms. The van der Waals surface area contributed by atoms with Gasteiger partial charge in [0.2, 0.25) is 0 Å². The highest BCUT2D eigenvalue weighted by molar-refractivity contribution is 5.85. The number of hydrogen-bond donors (Lipinski definition) is 2. The van der Waals surface area contributed by atoms with Crippen molar-refractivity contribution in [3.63, 3.8) is 0 Å². The molecule has 27 heavy (non-hydrogen) atoms. The zero-order chi connectivity index (χ0) is 18.9. The molecular formula is C19H21F2N5O. The quantitative estimate of drug-likeness (QED) is 0.687.